The first-order chi connectivity index (χ1) is 20.2. The van der Waals surface area contributed by atoms with Crippen molar-refractivity contribution in [2.75, 3.05) is 13.1 Å². The Kier molecular flexibility index (Phi) is 10.3. The van der Waals surface area contributed by atoms with Crippen LogP contribution in [0.15, 0.2) is 67.4 Å². The molecule has 5 rings (SSSR count). The molecule has 4 aromatic heterocycles. The van der Waals surface area contributed by atoms with Crippen LogP contribution in [0.3, 0.4) is 0 Å². The Labute approximate surface area is 238 Å². The largest absolute Gasteiger partial charge is 0.490 e. The molecule has 1 amide bonds. The van der Waals surface area contributed by atoms with Gasteiger partial charge in [-0.1, -0.05) is 0 Å². The number of pyridine rings is 3. The summed E-state index contributed by atoms with van der Waals surface area (Å²) in [5, 5.41) is 19.0. The maximum atomic E-state index is 12.6. The molecule has 43 heavy (non-hydrogen) atoms. The number of nitrogens with zero attached hydrogens (tertiary/aromatic N) is 6. The third kappa shape index (κ3) is 9.20. The van der Waals surface area contributed by atoms with E-state index in [0.717, 1.165) is 35.4 Å². The number of likely N-dealkylation sites (tertiary alicyclic amines) is 1. The third-order valence-electron chi connectivity index (χ3n) is 5.90. The monoisotopic (exact) mass is 612 g/mol. The Balaban J connectivity index is 0.000000303. The number of amides is 1. The summed E-state index contributed by atoms with van der Waals surface area (Å²) in [6, 6.07) is 11.6. The zero-order chi connectivity index (χ0) is 31.8. The standard InChI is InChI=1S/C22H20N6O.2C2HF3O2/c29-22(18-2-1-9-24-14-18)27-12-7-17(8-13-27)21-25-20-4-3-19(15-28(20)26-21)16-5-10-23-11-6-16;2*3-2(4,5)1(6)7/h1-6,9-11,14-15,17H,7-8,12-13H2;2*(H,6,7). The van der Waals surface area contributed by atoms with Gasteiger partial charge in [0.1, 0.15) is 0 Å². The summed E-state index contributed by atoms with van der Waals surface area (Å²) in [6.45, 7) is 1.41. The molecule has 11 nitrogen and oxygen atoms in total. The highest BCUT2D eigenvalue weighted by Crippen LogP contribution is 2.27. The van der Waals surface area contributed by atoms with Crippen LogP contribution in [-0.4, -0.2) is 83.0 Å². The smallest absolute Gasteiger partial charge is 0.475 e. The van der Waals surface area contributed by atoms with E-state index in [0.29, 0.717) is 18.7 Å². The topological polar surface area (TPSA) is 151 Å². The molecule has 1 saturated heterocycles. The SMILES string of the molecule is O=C(O)C(F)(F)F.O=C(O)C(F)(F)F.O=C(c1cccnc1)N1CCC(c2nc3ccc(-c4ccncc4)cn3n2)CC1. The fourth-order valence-electron chi connectivity index (χ4n) is 3.80. The number of halogens is 6. The summed E-state index contributed by atoms with van der Waals surface area (Å²) in [5.74, 6) is -4.36. The number of rotatable bonds is 3. The van der Waals surface area contributed by atoms with Crippen molar-refractivity contribution in [3.63, 3.8) is 0 Å². The first-order valence-electron chi connectivity index (χ1n) is 12.2. The Morgan fingerprint density at radius 1 is 0.791 bits per heavy atom. The molecule has 0 radical (unpaired) electrons. The molecule has 17 heteroatoms. The first kappa shape index (κ1) is 32.4. The summed E-state index contributed by atoms with van der Waals surface area (Å²) in [6.07, 6.45) is 0.429. The van der Waals surface area contributed by atoms with Gasteiger partial charge in [0, 0.05) is 55.6 Å². The predicted octanol–water partition coefficient (Wildman–Crippen LogP) is 4.47. The summed E-state index contributed by atoms with van der Waals surface area (Å²) in [5.41, 5.74) is 3.65. The minimum Gasteiger partial charge on any atom is -0.475 e. The van der Waals surface area contributed by atoms with Crippen LogP contribution in [-0.2, 0) is 9.59 Å². The molecule has 5 heterocycles. The van der Waals surface area contributed by atoms with Crippen molar-refractivity contribution in [3.8, 4) is 11.1 Å². The second kappa shape index (κ2) is 13.7. The number of carbonyl (C=O) groups is 3. The number of hydrogen-bond acceptors (Lipinski definition) is 7. The van der Waals surface area contributed by atoms with E-state index < -0.39 is 24.3 Å². The lowest BCUT2D eigenvalue weighted by molar-refractivity contribution is -0.193. The zero-order valence-electron chi connectivity index (χ0n) is 21.8. The van der Waals surface area contributed by atoms with E-state index in [-0.39, 0.29) is 11.8 Å². The van der Waals surface area contributed by atoms with Gasteiger partial charge in [0.25, 0.3) is 5.91 Å². The van der Waals surface area contributed by atoms with E-state index in [1.54, 1.807) is 30.9 Å². The number of carboxylic acid groups (broad SMARTS) is 2. The molecule has 0 bridgehead atoms. The van der Waals surface area contributed by atoms with Gasteiger partial charge in [-0.3, -0.25) is 14.8 Å². The van der Waals surface area contributed by atoms with E-state index in [9.17, 15) is 31.1 Å². The van der Waals surface area contributed by atoms with Gasteiger partial charge in [-0.2, -0.15) is 31.4 Å². The van der Waals surface area contributed by atoms with Gasteiger partial charge in [-0.05, 0) is 54.8 Å². The Hall–Kier alpha value is -5.09. The highest BCUT2D eigenvalue weighted by Gasteiger charge is 2.39. The minimum atomic E-state index is -5.08. The van der Waals surface area contributed by atoms with Gasteiger partial charge >= 0.3 is 24.3 Å². The van der Waals surface area contributed by atoms with Gasteiger partial charge in [0.2, 0.25) is 0 Å². The Morgan fingerprint density at radius 3 is 1.88 bits per heavy atom. The molecule has 0 atom stereocenters. The molecule has 0 aromatic carbocycles. The number of carboxylic acids is 2. The quantitative estimate of drug-likeness (QED) is 0.319. The number of hydrogen-bond donors (Lipinski definition) is 2. The van der Waals surface area contributed by atoms with Gasteiger partial charge in [-0.25, -0.2) is 19.1 Å². The number of alkyl halides is 6. The van der Waals surface area contributed by atoms with Crippen LogP contribution in [0.5, 0.6) is 0 Å². The first-order valence-corrected chi connectivity index (χ1v) is 12.2. The zero-order valence-corrected chi connectivity index (χ0v) is 21.8. The molecular formula is C26H22F6N6O5. The molecule has 1 aliphatic rings. The van der Waals surface area contributed by atoms with E-state index in [2.05, 4.69) is 16.0 Å². The molecule has 0 aliphatic carbocycles. The van der Waals surface area contributed by atoms with Crippen LogP contribution in [0.25, 0.3) is 16.8 Å². The minimum absolute atomic E-state index is 0.0431. The second-order valence-corrected chi connectivity index (χ2v) is 8.84. The highest BCUT2D eigenvalue weighted by molar-refractivity contribution is 5.93. The number of carbonyl (C=O) groups excluding carboxylic acids is 1. The van der Waals surface area contributed by atoms with Gasteiger partial charge in [0.05, 0.1) is 5.56 Å². The average molecular weight is 612 g/mol. The van der Waals surface area contributed by atoms with Crippen LogP contribution in [0, 0.1) is 0 Å². The van der Waals surface area contributed by atoms with Gasteiger partial charge in [-0.15, -0.1) is 0 Å². The van der Waals surface area contributed by atoms with E-state index in [1.165, 1.54) is 0 Å². The van der Waals surface area contributed by atoms with Crippen molar-refractivity contribution in [3.05, 3.63) is 78.8 Å². The molecule has 0 spiro atoms. The van der Waals surface area contributed by atoms with E-state index in [4.69, 9.17) is 29.9 Å². The summed E-state index contributed by atoms with van der Waals surface area (Å²) in [7, 11) is 0. The predicted molar refractivity (Wildman–Crippen MR) is 136 cm³/mol. The number of aliphatic carboxylic acids is 2. The summed E-state index contributed by atoms with van der Waals surface area (Å²) >= 11 is 0. The molecular weight excluding hydrogens is 590 g/mol. The molecule has 0 unspecified atom stereocenters. The van der Waals surface area contributed by atoms with Crippen molar-refractivity contribution >= 4 is 23.5 Å². The molecule has 0 saturated carbocycles. The van der Waals surface area contributed by atoms with Crippen molar-refractivity contribution in [1.29, 1.82) is 0 Å². The fourth-order valence-corrected chi connectivity index (χ4v) is 3.80. The summed E-state index contributed by atoms with van der Waals surface area (Å²) in [4.78, 5) is 45.1. The van der Waals surface area contributed by atoms with E-state index >= 15 is 0 Å². The van der Waals surface area contributed by atoms with Crippen LogP contribution in [0.4, 0.5) is 26.3 Å². The van der Waals surface area contributed by atoms with Crippen molar-refractivity contribution in [2.45, 2.75) is 31.1 Å². The van der Waals surface area contributed by atoms with Crippen molar-refractivity contribution in [1.82, 2.24) is 29.5 Å². The normalized spacial score (nSPS) is 13.8. The third-order valence-corrected chi connectivity index (χ3v) is 5.90. The molecule has 2 N–H and O–H groups in total. The lowest BCUT2D eigenvalue weighted by Crippen LogP contribution is -2.38. The average Bonchev–Trinajstić information content (AvgIpc) is 3.41. The van der Waals surface area contributed by atoms with Crippen LogP contribution >= 0.6 is 0 Å². The maximum Gasteiger partial charge on any atom is 0.490 e. The number of fused-ring (bicyclic) bond motifs is 1. The Bertz CT molecular complexity index is 1520. The van der Waals surface area contributed by atoms with E-state index in [1.807, 2.05) is 39.9 Å². The van der Waals surface area contributed by atoms with Gasteiger partial charge in [0.15, 0.2) is 11.5 Å². The van der Waals surface area contributed by atoms with Crippen molar-refractivity contribution in [2.24, 2.45) is 0 Å². The summed E-state index contributed by atoms with van der Waals surface area (Å²) < 4.78 is 65.3. The number of piperidine rings is 1. The lowest BCUT2D eigenvalue weighted by Gasteiger charge is -2.30. The molecule has 1 fully saturated rings. The van der Waals surface area contributed by atoms with Gasteiger partial charge < -0.3 is 15.1 Å². The maximum absolute atomic E-state index is 12.6. The Morgan fingerprint density at radius 2 is 1.37 bits per heavy atom. The van der Waals surface area contributed by atoms with Crippen LogP contribution in [0.2, 0.25) is 0 Å². The van der Waals surface area contributed by atoms with Crippen LogP contribution < -0.4 is 0 Å². The molecule has 228 valence electrons. The molecule has 1 aliphatic heterocycles. The van der Waals surface area contributed by atoms with Crippen molar-refractivity contribution < 1.29 is 50.9 Å². The second-order valence-electron chi connectivity index (χ2n) is 8.84. The molecule has 4 aromatic rings. The van der Waals surface area contributed by atoms with Crippen LogP contribution in [0.1, 0.15) is 34.9 Å². The highest BCUT2D eigenvalue weighted by atomic mass is 19.4. The lowest BCUT2D eigenvalue weighted by atomic mass is 9.96. The fraction of sp³-hybridized carbons (Fsp3) is 0.269. The number of aromatic nitrogens is 5.